The van der Waals surface area contributed by atoms with Crippen molar-refractivity contribution in [3.05, 3.63) is 71.3 Å². The van der Waals surface area contributed by atoms with Crippen molar-refractivity contribution in [3.63, 3.8) is 0 Å². The van der Waals surface area contributed by atoms with E-state index in [0.717, 1.165) is 5.56 Å². The van der Waals surface area contributed by atoms with Crippen LogP contribution >= 0.6 is 0 Å². The number of amides is 4. The fraction of sp³-hybridized carbons (Fsp3) is 0.367. The van der Waals surface area contributed by atoms with Gasteiger partial charge in [0.25, 0.3) is 0 Å². The summed E-state index contributed by atoms with van der Waals surface area (Å²) in [5.74, 6) is -6.96. The lowest BCUT2D eigenvalue weighted by molar-refractivity contribution is -0.192. The van der Waals surface area contributed by atoms with Gasteiger partial charge in [0.15, 0.2) is 5.96 Å². The topological polar surface area (TPSA) is 291 Å². The van der Waals surface area contributed by atoms with Gasteiger partial charge >= 0.3 is 12.1 Å². The molecule has 49 heavy (non-hydrogen) atoms. The number of hydrogen-bond donors (Lipinski definition) is 9. The number of primary amides is 1. The maximum Gasteiger partial charge on any atom is 0.490 e. The number of carboxylic acid groups (broad SMARTS) is 1. The molecule has 0 aliphatic heterocycles. The molecular formula is C30H40F3N9O7. The number of carboxylic acids is 1. The number of nitrogens with one attached hydrogen (secondary N) is 4. The van der Waals surface area contributed by atoms with Gasteiger partial charge < -0.3 is 48.7 Å². The first kappa shape index (κ1) is 41.3. The summed E-state index contributed by atoms with van der Waals surface area (Å²) in [5, 5.41) is 22.3. The number of rotatable bonds is 17. The highest BCUT2D eigenvalue weighted by Gasteiger charge is 2.38. The number of alkyl halides is 3. The quantitative estimate of drug-likeness (QED) is 0.0431. The summed E-state index contributed by atoms with van der Waals surface area (Å²) in [6.45, 7) is 0.128. The summed E-state index contributed by atoms with van der Waals surface area (Å²) in [7, 11) is 1.40. The number of hydrogen-bond acceptors (Lipinski definition) is 8. The molecule has 0 saturated heterocycles. The Balaban J connectivity index is 0.00000154. The lowest BCUT2D eigenvalue weighted by atomic mass is 9.96. The summed E-state index contributed by atoms with van der Waals surface area (Å²) in [6, 6.07) is 13.4. The van der Waals surface area contributed by atoms with Crippen LogP contribution in [-0.2, 0) is 41.7 Å². The first-order chi connectivity index (χ1) is 23.0. The zero-order valence-electron chi connectivity index (χ0n) is 26.5. The van der Waals surface area contributed by atoms with Crippen LogP contribution in [0.1, 0.15) is 29.5 Å². The van der Waals surface area contributed by atoms with Crippen LogP contribution in [0.4, 0.5) is 13.2 Å². The molecule has 0 heterocycles. The molecule has 268 valence electrons. The molecule has 0 spiro atoms. The number of nitrogens with two attached hydrogens (primary N) is 4. The predicted octanol–water partition coefficient (Wildman–Crippen LogP) is -0.766. The van der Waals surface area contributed by atoms with Crippen molar-refractivity contribution in [1.29, 1.82) is 5.41 Å². The van der Waals surface area contributed by atoms with Crippen molar-refractivity contribution < 1.29 is 47.0 Å². The van der Waals surface area contributed by atoms with Crippen LogP contribution in [0, 0.1) is 11.3 Å². The number of nitrogens with zero attached hydrogens (tertiary/aromatic N) is 1. The molecule has 0 aromatic heterocycles. The Bertz CT molecular complexity index is 1450. The number of carbonyl (C=O) groups is 5. The fourth-order valence-electron chi connectivity index (χ4n) is 3.92. The molecule has 2 rings (SSSR count). The standard InChI is InChI=1S/C28H39N9O5.C2HF3O2/c1-34-25(39)20(14-17-9-11-19(12-10-17)23(29)30)26(40)37-22(16-42-15-18-6-3-2-4-7-18)27(41)36-21(24(31)38)8-5-13-35-28(32)33;3-2(4,5)1(6)7/h2-4,6-7,9-12,20-22H,5,8,13-16H2,1H3,(H3,29,30)(H2,31,38)(H,34,39)(H,36,41)(H,37,40)(H4,32,33,35);(H,6,7)/t20?,21-,22-;/m0./s1. The summed E-state index contributed by atoms with van der Waals surface area (Å²) in [5.41, 5.74) is 23.6. The van der Waals surface area contributed by atoms with Crippen molar-refractivity contribution in [3.8, 4) is 0 Å². The maximum atomic E-state index is 13.4. The van der Waals surface area contributed by atoms with E-state index in [1.807, 2.05) is 30.3 Å². The summed E-state index contributed by atoms with van der Waals surface area (Å²) < 4.78 is 37.5. The second-order valence-corrected chi connectivity index (χ2v) is 10.3. The van der Waals surface area contributed by atoms with Crippen LogP contribution < -0.4 is 38.9 Å². The average molecular weight is 696 g/mol. The highest BCUT2D eigenvalue weighted by Crippen LogP contribution is 2.14. The Morgan fingerprint density at radius 2 is 1.45 bits per heavy atom. The van der Waals surface area contributed by atoms with E-state index in [9.17, 15) is 32.3 Å². The lowest BCUT2D eigenvalue weighted by Gasteiger charge is -2.24. The summed E-state index contributed by atoms with van der Waals surface area (Å²) >= 11 is 0. The van der Waals surface area contributed by atoms with Crippen LogP contribution in [0.2, 0.25) is 0 Å². The molecular weight excluding hydrogens is 655 g/mol. The van der Waals surface area contributed by atoms with Gasteiger partial charge in [-0.2, -0.15) is 13.2 Å². The molecule has 16 nitrogen and oxygen atoms in total. The van der Waals surface area contributed by atoms with Crippen LogP contribution in [0.25, 0.3) is 0 Å². The van der Waals surface area contributed by atoms with Gasteiger partial charge in [-0.25, -0.2) is 4.79 Å². The van der Waals surface area contributed by atoms with Gasteiger partial charge in [-0.1, -0.05) is 54.6 Å². The minimum Gasteiger partial charge on any atom is -0.475 e. The Hall–Kier alpha value is -5.72. The number of nitrogen functional groups attached to an aromatic ring is 1. The largest absolute Gasteiger partial charge is 0.490 e. The highest BCUT2D eigenvalue weighted by atomic mass is 19.4. The zero-order valence-corrected chi connectivity index (χ0v) is 26.5. The minimum absolute atomic E-state index is 0.0115. The van der Waals surface area contributed by atoms with E-state index < -0.39 is 53.8 Å². The Labute approximate surface area is 279 Å². The van der Waals surface area contributed by atoms with E-state index in [1.54, 1.807) is 24.3 Å². The number of aliphatic imine (C=N–C) groups is 1. The van der Waals surface area contributed by atoms with E-state index in [0.29, 0.717) is 17.5 Å². The molecule has 0 fully saturated rings. The number of carbonyl (C=O) groups excluding carboxylic acids is 4. The van der Waals surface area contributed by atoms with E-state index in [-0.39, 0.29) is 44.4 Å². The second kappa shape index (κ2) is 20.5. The van der Waals surface area contributed by atoms with E-state index >= 15 is 0 Å². The molecule has 0 aliphatic rings. The van der Waals surface area contributed by atoms with Crippen LogP contribution in [-0.4, -0.2) is 85.0 Å². The first-order valence-corrected chi connectivity index (χ1v) is 14.5. The average Bonchev–Trinajstić information content (AvgIpc) is 3.04. The molecule has 2 aromatic rings. The predicted molar refractivity (Wildman–Crippen MR) is 171 cm³/mol. The van der Waals surface area contributed by atoms with Crippen LogP contribution in [0.5, 0.6) is 0 Å². The number of amidine groups is 1. The van der Waals surface area contributed by atoms with Crippen molar-refractivity contribution in [2.24, 2.45) is 33.8 Å². The van der Waals surface area contributed by atoms with Gasteiger partial charge in [0.2, 0.25) is 23.6 Å². The first-order valence-electron chi connectivity index (χ1n) is 14.5. The monoisotopic (exact) mass is 695 g/mol. The third kappa shape index (κ3) is 16.1. The Morgan fingerprint density at radius 1 is 0.878 bits per heavy atom. The minimum atomic E-state index is -5.08. The number of benzene rings is 2. The van der Waals surface area contributed by atoms with Gasteiger partial charge in [0.1, 0.15) is 23.8 Å². The molecule has 0 aliphatic carbocycles. The van der Waals surface area contributed by atoms with Gasteiger partial charge in [-0.3, -0.25) is 29.6 Å². The van der Waals surface area contributed by atoms with Gasteiger partial charge in [-0.05, 0) is 30.4 Å². The van der Waals surface area contributed by atoms with Crippen LogP contribution in [0.15, 0.2) is 59.6 Å². The number of guanidine groups is 1. The number of aliphatic carboxylic acids is 1. The number of halogens is 3. The molecule has 0 bridgehead atoms. The molecule has 4 amide bonds. The van der Waals surface area contributed by atoms with E-state index in [2.05, 4.69) is 20.9 Å². The fourth-order valence-corrected chi connectivity index (χ4v) is 3.92. The SMILES string of the molecule is CNC(=O)C(Cc1ccc(C(=N)N)cc1)C(=O)N[C@@H](COCc1ccccc1)C(=O)N[C@@H](CCCN=C(N)N)C(N)=O.O=C(O)C(F)(F)F. The summed E-state index contributed by atoms with van der Waals surface area (Å²) in [4.78, 5) is 64.1. The molecule has 0 radical (unpaired) electrons. The van der Waals surface area contributed by atoms with E-state index in [1.165, 1.54) is 7.05 Å². The van der Waals surface area contributed by atoms with Crippen molar-refractivity contribution in [2.75, 3.05) is 20.2 Å². The smallest absolute Gasteiger partial charge is 0.475 e. The van der Waals surface area contributed by atoms with Crippen molar-refractivity contribution in [1.82, 2.24) is 16.0 Å². The van der Waals surface area contributed by atoms with E-state index in [4.69, 9.17) is 43.0 Å². The Morgan fingerprint density at radius 3 is 1.94 bits per heavy atom. The molecule has 19 heteroatoms. The maximum absolute atomic E-state index is 13.4. The van der Waals surface area contributed by atoms with Gasteiger partial charge in [0, 0.05) is 19.2 Å². The third-order valence-electron chi connectivity index (χ3n) is 6.46. The second-order valence-electron chi connectivity index (χ2n) is 10.3. The summed E-state index contributed by atoms with van der Waals surface area (Å²) in [6.07, 6.45) is -4.56. The van der Waals surface area contributed by atoms with Crippen LogP contribution in [0.3, 0.4) is 0 Å². The Kier molecular flexibility index (Phi) is 17.3. The third-order valence-corrected chi connectivity index (χ3v) is 6.46. The molecule has 3 atom stereocenters. The molecule has 2 aromatic carbocycles. The highest BCUT2D eigenvalue weighted by molar-refractivity contribution is 6.02. The molecule has 13 N–H and O–H groups in total. The zero-order chi connectivity index (χ0) is 37.1. The van der Waals surface area contributed by atoms with Crippen molar-refractivity contribution >= 4 is 41.4 Å². The lowest BCUT2D eigenvalue weighted by Crippen LogP contribution is -2.56. The molecule has 1 unspecified atom stereocenters. The normalized spacial score (nSPS) is 12.5. The van der Waals surface area contributed by atoms with Gasteiger partial charge in [-0.15, -0.1) is 0 Å². The molecule has 0 saturated carbocycles. The van der Waals surface area contributed by atoms with Gasteiger partial charge in [0.05, 0.1) is 13.2 Å². The van der Waals surface area contributed by atoms with Crippen molar-refractivity contribution in [2.45, 2.75) is 44.1 Å². The number of ether oxygens (including phenoxy) is 1.